The molecule has 0 aliphatic heterocycles. The average Bonchev–Trinajstić information content (AvgIpc) is 2.73. The first-order chi connectivity index (χ1) is 15.0. The Bertz CT molecular complexity index is 1270. The van der Waals surface area contributed by atoms with Crippen LogP contribution in [0.15, 0.2) is 65.6 Å². The van der Waals surface area contributed by atoms with Crippen molar-refractivity contribution in [1.82, 2.24) is 0 Å². The highest BCUT2D eigenvalue weighted by molar-refractivity contribution is 7.93. The van der Waals surface area contributed by atoms with Gasteiger partial charge >= 0.3 is 5.97 Å². The number of hydrogen-bond donors (Lipinski definition) is 2. The maximum absolute atomic E-state index is 13.5. The third-order valence-corrected chi connectivity index (χ3v) is 7.95. The Labute approximate surface area is 187 Å². The van der Waals surface area contributed by atoms with E-state index in [1.54, 1.807) is 68.4 Å². The molecule has 3 aromatic carbocycles. The van der Waals surface area contributed by atoms with E-state index in [-0.39, 0.29) is 4.90 Å². The maximum atomic E-state index is 13.5. The third kappa shape index (κ3) is 4.22. The van der Waals surface area contributed by atoms with E-state index in [0.29, 0.717) is 22.3 Å². The number of carbonyl (C=O) groups is 2. The van der Waals surface area contributed by atoms with Crippen molar-refractivity contribution in [2.24, 2.45) is 5.73 Å². The lowest BCUT2D eigenvalue weighted by molar-refractivity contribution is -0.140. The van der Waals surface area contributed by atoms with Crippen LogP contribution in [0, 0.1) is 20.8 Å². The highest BCUT2D eigenvalue weighted by atomic mass is 32.2. The molecule has 1 atom stereocenters. The minimum atomic E-state index is -4.41. The van der Waals surface area contributed by atoms with Gasteiger partial charge in [-0.2, -0.15) is 0 Å². The Hall–Kier alpha value is -3.29. The molecule has 0 radical (unpaired) electrons. The summed E-state index contributed by atoms with van der Waals surface area (Å²) in [5, 5.41) is 9.88. The Morgan fingerprint density at radius 1 is 0.969 bits per heavy atom. The van der Waals surface area contributed by atoms with Gasteiger partial charge in [-0.05, 0) is 54.7 Å². The molecule has 0 aliphatic rings. The molecule has 3 aromatic rings. The summed E-state index contributed by atoms with van der Waals surface area (Å²) in [5.41, 5.74) is 10.6. The van der Waals surface area contributed by atoms with Crippen LogP contribution in [0.25, 0.3) is 11.1 Å². The van der Waals surface area contributed by atoms with Gasteiger partial charge in [-0.3, -0.25) is 4.79 Å². The first-order valence-electron chi connectivity index (χ1n) is 9.99. The predicted molar refractivity (Wildman–Crippen MR) is 123 cm³/mol. The van der Waals surface area contributed by atoms with Crippen LogP contribution >= 0.6 is 0 Å². The van der Waals surface area contributed by atoms with Crippen LogP contribution in [-0.2, 0) is 21.1 Å². The Morgan fingerprint density at radius 3 is 2.09 bits per heavy atom. The van der Waals surface area contributed by atoms with Crippen molar-refractivity contribution in [2.75, 3.05) is 0 Å². The number of carbonyl (C=O) groups excluding carboxylic acids is 1. The number of carboxylic acid groups (broad SMARTS) is 1. The van der Waals surface area contributed by atoms with Gasteiger partial charge in [0.15, 0.2) is 0 Å². The van der Waals surface area contributed by atoms with Crippen molar-refractivity contribution >= 4 is 22.1 Å². The molecule has 0 amide bonds. The highest BCUT2D eigenvalue weighted by Gasteiger charge is 2.49. The SMILES string of the molecule is Cc1cc(C)c(S(=O)(=O)[C@@](N)(Cc2ccc(-c3cccc(C=O)c3)cc2)C(=O)O)c(C)c1. The fourth-order valence-electron chi connectivity index (χ4n) is 3.97. The molecule has 0 heterocycles. The van der Waals surface area contributed by atoms with Crippen molar-refractivity contribution < 1.29 is 23.1 Å². The molecule has 0 fully saturated rings. The molecule has 0 unspecified atom stereocenters. The first-order valence-corrected chi connectivity index (χ1v) is 11.5. The molecular weight excluding hydrogens is 426 g/mol. The van der Waals surface area contributed by atoms with Gasteiger partial charge in [-0.1, -0.05) is 60.2 Å². The normalized spacial score (nSPS) is 13.4. The second kappa shape index (κ2) is 8.68. The van der Waals surface area contributed by atoms with Gasteiger partial charge in [0, 0.05) is 12.0 Å². The maximum Gasteiger partial charge on any atom is 0.340 e. The minimum Gasteiger partial charge on any atom is -0.479 e. The number of nitrogens with two attached hydrogens (primary N) is 1. The van der Waals surface area contributed by atoms with Crippen LogP contribution in [0.5, 0.6) is 0 Å². The number of carboxylic acids is 1. The largest absolute Gasteiger partial charge is 0.479 e. The monoisotopic (exact) mass is 451 g/mol. The summed E-state index contributed by atoms with van der Waals surface area (Å²) < 4.78 is 26.9. The number of rotatable bonds is 7. The lowest BCUT2D eigenvalue weighted by atomic mass is 9.99. The van der Waals surface area contributed by atoms with Crippen molar-refractivity contribution in [1.29, 1.82) is 0 Å². The van der Waals surface area contributed by atoms with Gasteiger partial charge in [-0.15, -0.1) is 0 Å². The number of aliphatic carboxylic acids is 1. The van der Waals surface area contributed by atoms with E-state index in [9.17, 15) is 23.1 Å². The molecule has 0 spiro atoms. The molecule has 32 heavy (non-hydrogen) atoms. The van der Waals surface area contributed by atoms with Crippen molar-refractivity contribution in [2.45, 2.75) is 37.0 Å². The van der Waals surface area contributed by atoms with E-state index in [4.69, 9.17) is 5.73 Å². The molecule has 0 aromatic heterocycles. The standard InChI is InChI=1S/C25H25NO5S/c1-16-11-17(2)23(18(3)12-16)32(30,31)25(26,24(28)29)14-19-7-9-21(10-8-19)22-6-4-5-20(13-22)15-27/h4-13,15H,14,26H2,1-3H3,(H,28,29)/t25-/m0/s1. The highest BCUT2D eigenvalue weighted by Crippen LogP contribution is 2.32. The zero-order valence-electron chi connectivity index (χ0n) is 18.1. The minimum absolute atomic E-state index is 0.0460. The van der Waals surface area contributed by atoms with Crippen LogP contribution in [0.3, 0.4) is 0 Å². The molecule has 0 saturated heterocycles. The number of sulfone groups is 1. The first kappa shape index (κ1) is 23.4. The zero-order valence-corrected chi connectivity index (χ0v) is 18.9. The lowest BCUT2D eigenvalue weighted by Crippen LogP contribution is -2.56. The molecular formula is C25H25NO5S. The Morgan fingerprint density at radius 2 is 1.56 bits per heavy atom. The van der Waals surface area contributed by atoms with Gasteiger partial charge < -0.3 is 10.8 Å². The van der Waals surface area contributed by atoms with E-state index < -0.39 is 27.1 Å². The molecule has 0 aliphatic carbocycles. The second-order valence-corrected chi connectivity index (χ2v) is 10.2. The lowest BCUT2D eigenvalue weighted by Gasteiger charge is -2.27. The number of aryl methyl sites for hydroxylation is 3. The van der Waals surface area contributed by atoms with Crippen molar-refractivity contribution in [3.05, 3.63) is 88.5 Å². The van der Waals surface area contributed by atoms with Gasteiger partial charge in [0.05, 0.1) is 4.90 Å². The molecule has 7 heteroatoms. The van der Waals surface area contributed by atoms with Gasteiger partial charge in [0.1, 0.15) is 6.29 Å². The third-order valence-electron chi connectivity index (χ3n) is 5.49. The van der Waals surface area contributed by atoms with Crippen LogP contribution in [0.4, 0.5) is 0 Å². The van der Waals surface area contributed by atoms with Crippen LogP contribution in [-0.4, -0.2) is 30.7 Å². The van der Waals surface area contributed by atoms with Crippen molar-refractivity contribution in [3.63, 3.8) is 0 Å². The van der Waals surface area contributed by atoms with E-state index >= 15 is 0 Å². The smallest absolute Gasteiger partial charge is 0.340 e. The second-order valence-electron chi connectivity index (χ2n) is 8.04. The summed E-state index contributed by atoms with van der Waals surface area (Å²) >= 11 is 0. The van der Waals surface area contributed by atoms with Gasteiger partial charge in [0.25, 0.3) is 0 Å². The van der Waals surface area contributed by atoms with Gasteiger partial charge in [-0.25, -0.2) is 13.2 Å². The molecule has 166 valence electrons. The average molecular weight is 452 g/mol. The quantitative estimate of drug-likeness (QED) is 0.528. The fourth-order valence-corrected chi connectivity index (χ4v) is 5.88. The van der Waals surface area contributed by atoms with Gasteiger partial charge in [0.2, 0.25) is 14.7 Å². The molecule has 0 bridgehead atoms. The van der Waals surface area contributed by atoms with E-state index in [1.165, 1.54) is 0 Å². The van der Waals surface area contributed by atoms with E-state index in [2.05, 4.69) is 0 Å². The van der Waals surface area contributed by atoms with Crippen LogP contribution in [0.1, 0.15) is 32.6 Å². The molecule has 3 N–H and O–H groups in total. The molecule has 3 rings (SSSR count). The van der Waals surface area contributed by atoms with Crippen LogP contribution in [0.2, 0.25) is 0 Å². The summed E-state index contributed by atoms with van der Waals surface area (Å²) in [5.74, 6) is -1.61. The summed E-state index contributed by atoms with van der Waals surface area (Å²) in [4.78, 5) is 20.6. The fraction of sp³-hybridized carbons (Fsp3) is 0.200. The molecule has 0 saturated carbocycles. The zero-order chi connectivity index (χ0) is 23.7. The molecule has 6 nitrogen and oxygen atoms in total. The summed E-state index contributed by atoms with van der Waals surface area (Å²) in [7, 11) is -4.41. The summed E-state index contributed by atoms with van der Waals surface area (Å²) in [6, 6.07) is 17.2. The number of aldehydes is 1. The van der Waals surface area contributed by atoms with Crippen molar-refractivity contribution in [3.8, 4) is 11.1 Å². The van der Waals surface area contributed by atoms with Crippen LogP contribution < -0.4 is 5.73 Å². The number of benzene rings is 3. The topological polar surface area (TPSA) is 115 Å². The Balaban J connectivity index is 2.01. The summed E-state index contributed by atoms with van der Waals surface area (Å²) in [6.45, 7) is 5.12. The van der Waals surface area contributed by atoms with E-state index in [0.717, 1.165) is 23.0 Å². The summed E-state index contributed by atoms with van der Waals surface area (Å²) in [6.07, 6.45) is 0.361. The predicted octanol–water partition coefficient (Wildman–Crippen LogP) is 3.85. The Kier molecular flexibility index (Phi) is 6.34. The van der Waals surface area contributed by atoms with E-state index in [1.807, 2.05) is 13.0 Å². The number of hydrogen-bond acceptors (Lipinski definition) is 5.